The largest absolute Gasteiger partial charge is 0.351 e. The summed E-state index contributed by atoms with van der Waals surface area (Å²) in [5, 5.41) is 5.94. The number of sulfone groups is 1. The average molecular weight is 350 g/mol. The van der Waals surface area contributed by atoms with Crippen molar-refractivity contribution in [2.75, 3.05) is 5.75 Å². The van der Waals surface area contributed by atoms with Crippen molar-refractivity contribution in [1.82, 2.24) is 5.32 Å². The summed E-state index contributed by atoms with van der Waals surface area (Å²) in [4.78, 5) is 12.7. The number of nitrogens with one attached hydrogen (secondary N) is 1. The van der Waals surface area contributed by atoms with Crippen LogP contribution in [0.2, 0.25) is 0 Å². The predicted octanol–water partition coefficient (Wildman–Crippen LogP) is 2.08. The summed E-state index contributed by atoms with van der Waals surface area (Å²) in [5.74, 6) is -0.262. The zero-order valence-electron chi connectivity index (χ0n) is 9.43. The molecule has 1 N–H and O–H groups in total. The van der Waals surface area contributed by atoms with E-state index in [1.165, 1.54) is 5.41 Å². The van der Waals surface area contributed by atoms with Crippen LogP contribution in [-0.2, 0) is 21.2 Å². The van der Waals surface area contributed by atoms with Crippen LogP contribution in [0.4, 0.5) is 0 Å². The van der Waals surface area contributed by atoms with E-state index < -0.39 is 9.84 Å². The van der Waals surface area contributed by atoms with Gasteiger partial charge in [0.05, 0.1) is 12.3 Å². The van der Waals surface area contributed by atoms with E-state index in [9.17, 15) is 13.2 Å². The number of hydrogen-bond donors (Lipinski definition) is 1. The Morgan fingerprint density at radius 1 is 1.56 bits per heavy atom. The predicted molar refractivity (Wildman–Crippen MR) is 74.9 cm³/mol. The first-order valence-corrected chi connectivity index (χ1v) is 8.74. The molecule has 2 heterocycles. The Morgan fingerprint density at radius 3 is 2.89 bits per heavy atom. The normalized spacial score (nSPS) is 21.1. The van der Waals surface area contributed by atoms with Crippen molar-refractivity contribution in [1.29, 1.82) is 0 Å². The van der Waals surface area contributed by atoms with Crippen molar-refractivity contribution >= 4 is 43.0 Å². The van der Waals surface area contributed by atoms with Crippen molar-refractivity contribution < 1.29 is 13.2 Å². The lowest BCUT2D eigenvalue weighted by Gasteiger charge is -2.07. The minimum atomic E-state index is -3.07. The fraction of sp³-hybridized carbons (Fsp3) is 0.364. The van der Waals surface area contributed by atoms with Gasteiger partial charge in [-0.25, -0.2) is 8.42 Å². The third-order valence-corrected chi connectivity index (χ3v) is 5.70. The number of thiophene rings is 1. The topological polar surface area (TPSA) is 63.2 Å². The molecule has 0 bridgehead atoms. The molecule has 7 heteroatoms. The Hall–Kier alpha value is -0.660. The molecule has 1 aliphatic heterocycles. The first-order chi connectivity index (χ1) is 8.44. The molecule has 0 spiro atoms. The maximum atomic E-state index is 11.6. The minimum Gasteiger partial charge on any atom is -0.351 e. The second kappa shape index (κ2) is 5.54. The van der Waals surface area contributed by atoms with Crippen molar-refractivity contribution in [3.8, 4) is 0 Å². The van der Waals surface area contributed by atoms with E-state index in [1.54, 1.807) is 17.4 Å². The number of amides is 1. The Morgan fingerprint density at radius 2 is 2.33 bits per heavy atom. The summed E-state index contributed by atoms with van der Waals surface area (Å²) in [6, 6.07) is 1.95. The zero-order chi connectivity index (χ0) is 13.2. The molecular weight excluding hydrogens is 338 g/mol. The van der Waals surface area contributed by atoms with Crippen molar-refractivity contribution in [3.63, 3.8) is 0 Å². The lowest BCUT2D eigenvalue weighted by Crippen LogP contribution is -2.25. The van der Waals surface area contributed by atoms with Gasteiger partial charge in [-0.05, 0) is 22.0 Å². The molecule has 1 amide bonds. The first kappa shape index (κ1) is 13.8. The molecule has 0 aromatic carbocycles. The summed E-state index contributed by atoms with van der Waals surface area (Å²) in [6.45, 7) is 0.484. The molecule has 18 heavy (non-hydrogen) atoms. The quantitative estimate of drug-likeness (QED) is 0.904. The maximum absolute atomic E-state index is 11.6. The van der Waals surface area contributed by atoms with Crippen LogP contribution in [0.15, 0.2) is 27.4 Å². The van der Waals surface area contributed by atoms with E-state index in [4.69, 9.17) is 0 Å². The van der Waals surface area contributed by atoms with Gasteiger partial charge in [0.25, 0.3) is 0 Å². The van der Waals surface area contributed by atoms with Crippen LogP contribution in [-0.4, -0.2) is 20.1 Å². The number of rotatable bonds is 4. The van der Waals surface area contributed by atoms with Gasteiger partial charge in [0.2, 0.25) is 5.91 Å². The molecule has 1 aliphatic rings. The zero-order valence-corrected chi connectivity index (χ0v) is 12.6. The lowest BCUT2D eigenvalue weighted by atomic mass is 10.1. The molecule has 0 saturated heterocycles. The summed E-state index contributed by atoms with van der Waals surface area (Å²) < 4.78 is 23.4. The van der Waals surface area contributed by atoms with Crippen molar-refractivity contribution in [3.05, 3.63) is 32.3 Å². The number of hydrogen-bond acceptors (Lipinski definition) is 4. The molecule has 0 fully saturated rings. The molecule has 4 nitrogen and oxygen atoms in total. The van der Waals surface area contributed by atoms with Crippen LogP contribution in [0.1, 0.15) is 11.3 Å². The van der Waals surface area contributed by atoms with Crippen LogP contribution >= 0.6 is 27.3 Å². The van der Waals surface area contributed by atoms with Gasteiger partial charge >= 0.3 is 0 Å². The highest BCUT2D eigenvalue weighted by atomic mass is 79.9. The lowest BCUT2D eigenvalue weighted by molar-refractivity contribution is -0.121. The van der Waals surface area contributed by atoms with Gasteiger partial charge in [-0.2, -0.15) is 0 Å². The van der Waals surface area contributed by atoms with E-state index in [-0.39, 0.29) is 24.0 Å². The average Bonchev–Trinajstić information content (AvgIpc) is 2.82. The number of allylic oxidation sites excluding steroid dienone is 1. The smallest absolute Gasteiger partial charge is 0.220 e. The highest BCUT2D eigenvalue weighted by Crippen LogP contribution is 2.20. The minimum absolute atomic E-state index is 0.0466. The van der Waals surface area contributed by atoms with E-state index >= 15 is 0 Å². The highest BCUT2D eigenvalue weighted by Gasteiger charge is 2.23. The second-order valence-corrected chi connectivity index (χ2v) is 7.97. The number of carbonyl (C=O) groups is 1. The first-order valence-electron chi connectivity index (χ1n) is 5.35. The van der Waals surface area contributed by atoms with Crippen LogP contribution < -0.4 is 5.32 Å². The number of carbonyl (C=O) groups excluding carboxylic acids is 1. The van der Waals surface area contributed by atoms with Gasteiger partial charge < -0.3 is 5.32 Å². The third kappa shape index (κ3) is 3.93. The van der Waals surface area contributed by atoms with Gasteiger partial charge in [0, 0.05) is 32.5 Å². The van der Waals surface area contributed by atoms with Crippen LogP contribution in [0.5, 0.6) is 0 Å². The molecule has 2 rings (SSSR count). The Kier molecular flexibility index (Phi) is 4.24. The molecule has 1 atom stereocenters. The van der Waals surface area contributed by atoms with Gasteiger partial charge in [-0.1, -0.05) is 6.08 Å². The maximum Gasteiger partial charge on any atom is 0.220 e. The van der Waals surface area contributed by atoms with E-state index in [1.807, 2.05) is 11.4 Å². The summed E-state index contributed by atoms with van der Waals surface area (Å²) in [5.41, 5.74) is 0. The molecular formula is C11H12BrNO3S2. The molecule has 0 unspecified atom stereocenters. The van der Waals surface area contributed by atoms with Gasteiger partial charge in [0.15, 0.2) is 9.84 Å². The summed E-state index contributed by atoms with van der Waals surface area (Å²) >= 11 is 4.91. The fourth-order valence-electron chi connectivity index (χ4n) is 1.71. The van der Waals surface area contributed by atoms with E-state index in [0.29, 0.717) is 6.54 Å². The van der Waals surface area contributed by atoms with E-state index in [0.717, 1.165) is 9.35 Å². The van der Waals surface area contributed by atoms with Crippen molar-refractivity contribution in [2.24, 2.45) is 5.92 Å². The summed E-state index contributed by atoms with van der Waals surface area (Å²) in [6.07, 6.45) is 1.82. The Bertz CT molecular complexity index is 577. The van der Waals surface area contributed by atoms with Gasteiger partial charge in [-0.15, -0.1) is 11.3 Å². The monoisotopic (exact) mass is 349 g/mol. The molecule has 0 radical (unpaired) electrons. The van der Waals surface area contributed by atoms with Gasteiger partial charge in [-0.3, -0.25) is 4.79 Å². The van der Waals surface area contributed by atoms with E-state index in [2.05, 4.69) is 21.2 Å². The SMILES string of the molecule is O=C(C[C@H]1C=CS(=O)(=O)C1)NCc1cc(Br)cs1. The Balaban J connectivity index is 1.78. The molecule has 0 aliphatic carbocycles. The van der Waals surface area contributed by atoms with Crippen LogP contribution in [0.25, 0.3) is 0 Å². The number of halogens is 1. The fourth-order valence-corrected chi connectivity index (χ4v) is 4.50. The highest BCUT2D eigenvalue weighted by molar-refractivity contribution is 9.10. The van der Waals surface area contributed by atoms with Crippen LogP contribution in [0, 0.1) is 5.92 Å². The van der Waals surface area contributed by atoms with Crippen molar-refractivity contribution in [2.45, 2.75) is 13.0 Å². The molecule has 1 aromatic rings. The second-order valence-electron chi connectivity index (χ2n) is 4.13. The van der Waals surface area contributed by atoms with Gasteiger partial charge in [0.1, 0.15) is 0 Å². The molecule has 98 valence electrons. The van der Waals surface area contributed by atoms with Crippen LogP contribution in [0.3, 0.4) is 0 Å². The third-order valence-electron chi connectivity index (χ3n) is 2.53. The Labute approximate surface area is 118 Å². The summed E-state index contributed by atoms with van der Waals surface area (Å²) in [7, 11) is -3.07. The molecule has 0 saturated carbocycles. The standard InChI is InChI=1S/C11H12BrNO3S2/c12-9-4-10(17-6-9)5-13-11(14)3-8-1-2-18(15,16)7-8/h1-2,4,6,8H,3,5,7H2,(H,13,14)/t8-/m1/s1. The molecule has 1 aromatic heterocycles.